The second-order valence-corrected chi connectivity index (χ2v) is 5.46. The smallest absolute Gasteiger partial charge is 0.239 e. The zero-order valence-corrected chi connectivity index (χ0v) is 13.0. The van der Waals surface area contributed by atoms with Crippen molar-refractivity contribution in [3.63, 3.8) is 0 Å². The van der Waals surface area contributed by atoms with Crippen molar-refractivity contribution in [2.45, 2.75) is 19.5 Å². The maximum atomic E-state index is 12.1. The van der Waals surface area contributed by atoms with E-state index in [9.17, 15) is 4.79 Å². The van der Waals surface area contributed by atoms with E-state index >= 15 is 0 Å². The molecule has 0 radical (unpaired) electrons. The minimum atomic E-state index is -0.162. The van der Waals surface area contributed by atoms with Gasteiger partial charge in [-0.2, -0.15) is 0 Å². The normalized spacial score (nSPS) is 12.4. The first-order chi connectivity index (χ1) is 10.0. The van der Waals surface area contributed by atoms with E-state index in [0.29, 0.717) is 6.54 Å². The SMILES string of the molecule is C[C@H](C(=O)N(C)C)N(C)Cc1ccccc1-c1ccco1. The molecular weight excluding hydrogens is 264 g/mol. The molecule has 0 aliphatic rings. The highest BCUT2D eigenvalue weighted by molar-refractivity contribution is 5.80. The van der Waals surface area contributed by atoms with Crippen LogP contribution in [0.1, 0.15) is 12.5 Å². The van der Waals surface area contributed by atoms with Crippen molar-refractivity contribution in [3.05, 3.63) is 48.2 Å². The molecule has 0 saturated heterocycles. The van der Waals surface area contributed by atoms with Gasteiger partial charge in [-0.3, -0.25) is 9.69 Å². The van der Waals surface area contributed by atoms with Gasteiger partial charge in [0, 0.05) is 26.2 Å². The fourth-order valence-corrected chi connectivity index (χ4v) is 2.30. The molecule has 2 rings (SSSR count). The van der Waals surface area contributed by atoms with E-state index in [4.69, 9.17) is 4.42 Å². The number of carbonyl (C=O) groups is 1. The van der Waals surface area contributed by atoms with Gasteiger partial charge in [-0.05, 0) is 31.7 Å². The van der Waals surface area contributed by atoms with E-state index in [-0.39, 0.29) is 11.9 Å². The van der Waals surface area contributed by atoms with Gasteiger partial charge in [-0.1, -0.05) is 24.3 Å². The van der Waals surface area contributed by atoms with E-state index in [1.807, 2.05) is 49.2 Å². The lowest BCUT2D eigenvalue weighted by Gasteiger charge is -2.26. The van der Waals surface area contributed by atoms with E-state index in [0.717, 1.165) is 16.9 Å². The third kappa shape index (κ3) is 3.52. The van der Waals surface area contributed by atoms with Gasteiger partial charge in [0.15, 0.2) is 0 Å². The summed E-state index contributed by atoms with van der Waals surface area (Å²) < 4.78 is 5.49. The lowest BCUT2D eigenvalue weighted by molar-refractivity contribution is -0.133. The van der Waals surface area contributed by atoms with E-state index in [2.05, 4.69) is 6.07 Å². The predicted molar refractivity (Wildman–Crippen MR) is 83.8 cm³/mol. The highest BCUT2D eigenvalue weighted by Gasteiger charge is 2.20. The van der Waals surface area contributed by atoms with Crippen molar-refractivity contribution >= 4 is 5.91 Å². The summed E-state index contributed by atoms with van der Waals surface area (Å²) in [6, 6.07) is 11.8. The van der Waals surface area contributed by atoms with Crippen LogP contribution in [0.3, 0.4) is 0 Å². The molecule has 21 heavy (non-hydrogen) atoms. The van der Waals surface area contributed by atoms with Crippen LogP contribution >= 0.6 is 0 Å². The molecule has 0 aliphatic carbocycles. The number of carbonyl (C=O) groups excluding carboxylic acids is 1. The predicted octanol–water partition coefficient (Wildman–Crippen LogP) is 2.86. The summed E-state index contributed by atoms with van der Waals surface area (Å²) in [7, 11) is 5.53. The third-order valence-electron chi connectivity index (χ3n) is 3.68. The highest BCUT2D eigenvalue weighted by Crippen LogP contribution is 2.25. The molecule has 1 aromatic heterocycles. The van der Waals surface area contributed by atoms with Crippen LogP contribution in [0.5, 0.6) is 0 Å². The molecule has 112 valence electrons. The fraction of sp³-hybridized carbons (Fsp3) is 0.353. The molecule has 0 N–H and O–H groups in total. The van der Waals surface area contributed by atoms with Crippen LogP contribution in [-0.2, 0) is 11.3 Å². The molecule has 2 aromatic rings. The van der Waals surface area contributed by atoms with Crippen LogP contribution in [0.2, 0.25) is 0 Å². The topological polar surface area (TPSA) is 36.7 Å². The second-order valence-electron chi connectivity index (χ2n) is 5.46. The number of nitrogens with zero attached hydrogens (tertiary/aromatic N) is 2. The Balaban J connectivity index is 2.19. The summed E-state index contributed by atoms with van der Waals surface area (Å²) in [4.78, 5) is 15.7. The minimum absolute atomic E-state index is 0.105. The van der Waals surface area contributed by atoms with Crippen molar-refractivity contribution in [2.24, 2.45) is 0 Å². The van der Waals surface area contributed by atoms with Crippen LogP contribution in [0.15, 0.2) is 47.1 Å². The third-order valence-corrected chi connectivity index (χ3v) is 3.68. The molecule has 4 heteroatoms. The van der Waals surface area contributed by atoms with Gasteiger partial charge in [0.25, 0.3) is 0 Å². The first-order valence-corrected chi connectivity index (χ1v) is 7.04. The number of hydrogen-bond acceptors (Lipinski definition) is 3. The molecule has 1 heterocycles. The lowest BCUT2D eigenvalue weighted by atomic mass is 10.0. The molecular formula is C17H22N2O2. The number of benzene rings is 1. The average Bonchev–Trinajstić information content (AvgIpc) is 3.00. The van der Waals surface area contributed by atoms with Crippen LogP contribution in [0.4, 0.5) is 0 Å². The zero-order valence-electron chi connectivity index (χ0n) is 13.0. The largest absolute Gasteiger partial charge is 0.464 e. The fourth-order valence-electron chi connectivity index (χ4n) is 2.30. The Morgan fingerprint density at radius 1 is 1.14 bits per heavy atom. The molecule has 1 aromatic carbocycles. The molecule has 0 spiro atoms. The van der Waals surface area contributed by atoms with Crippen molar-refractivity contribution in [1.82, 2.24) is 9.80 Å². The Morgan fingerprint density at radius 2 is 1.86 bits per heavy atom. The Morgan fingerprint density at radius 3 is 2.48 bits per heavy atom. The minimum Gasteiger partial charge on any atom is -0.464 e. The quantitative estimate of drug-likeness (QED) is 0.848. The zero-order chi connectivity index (χ0) is 15.4. The summed E-state index contributed by atoms with van der Waals surface area (Å²) >= 11 is 0. The Bertz CT molecular complexity index is 591. The van der Waals surface area contributed by atoms with E-state index in [1.54, 1.807) is 25.3 Å². The number of hydrogen-bond donors (Lipinski definition) is 0. The molecule has 0 fully saturated rings. The summed E-state index contributed by atoms with van der Waals surface area (Å²) in [5, 5.41) is 0. The molecule has 1 amide bonds. The Hall–Kier alpha value is -2.07. The van der Waals surface area contributed by atoms with Gasteiger partial charge >= 0.3 is 0 Å². The van der Waals surface area contributed by atoms with Crippen molar-refractivity contribution in [1.29, 1.82) is 0 Å². The number of furan rings is 1. The standard InChI is InChI=1S/C17H22N2O2/c1-13(17(20)18(2)3)19(4)12-14-8-5-6-9-15(14)16-10-7-11-21-16/h5-11,13H,12H2,1-4H3/t13-/m1/s1. The number of rotatable bonds is 5. The van der Waals surface area contributed by atoms with Crippen LogP contribution in [0, 0.1) is 0 Å². The number of amides is 1. The Kier molecular flexibility index (Phi) is 4.81. The second kappa shape index (κ2) is 6.59. The van der Waals surface area contributed by atoms with Gasteiger partial charge in [-0.25, -0.2) is 0 Å². The summed E-state index contributed by atoms with van der Waals surface area (Å²) in [5.74, 6) is 0.957. The molecule has 0 saturated carbocycles. The van der Waals surface area contributed by atoms with Crippen LogP contribution in [-0.4, -0.2) is 42.9 Å². The average molecular weight is 286 g/mol. The lowest BCUT2D eigenvalue weighted by Crippen LogP contribution is -2.42. The maximum Gasteiger partial charge on any atom is 0.239 e. The van der Waals surface area contributed by atoms with E-state index < -0.39 is 0 Å². The van der Waals surface area contributed by atoms with Gasteiger partial charge < -0.3 is 9.32 Å². The Labute approximate surface area is 126 Å². The molecule has 0 bridgehead atoms. The molecule has 4 nitrogen and oxygen atoms in total. The van der Waals surface area contributed by atoms with Gasteiger partial charge in [0.2, 0.25) is 5.91 Å². The summed E-state index contributed by atoms with van der Waals surface area (Å²) in [6.07, 6.45) is 1.67. The van der Waals surface area contributed by atoms with Gasteiger partial charge in [0.1, 0.15) is 5.76 Å². The first-order valence-electron chi connectivity index (χ1n) is 7.04. The van der Waals surface area contributed by atoms with Crippen molar-refractivity contribution in [2.75, 3.05) is 21.1 Å². The first kappa shape index (κ1) is 15.3. The van der Waals surface area contributed by atoms with E-state index in [1.165, 1.54) is 0 Å². The van der Waals surface area contributed by atoms with Crippen molar-refractivity contribution < 1.29 is 9.21 Å². The van der Waals surface area contributed by atoms with Crippen LogP contribution < -0.4 is 0 Å². The number of likely N-dealkylation sites (N-methyl/N-ethyl adjacent to an activating group) is 2. The summed E-state index contributed by atoms with van der Waals surface area (Å²) in [6.45, 7) is 2.62. The highest BCUT2D eigenvalue weighted by atomic mass is 16.3. The monoisotopic (exact) mass is 286 g/mol. The molecule has 0 aliphatic heterocycles. The van der Waals surface area contributed by atoms with Crippen molar-refractivity contribution in [3.8, 4) is 11.3 Å². The van der Waals surface area contributed by atoms with Crippen LogP contribution in [0.25, 0.3) is 11.3 Å². The summed E-state index contributed by atoms with van der Waals surface area (Å²) in [5.41, 5.74) is 2.22. The molecule has 0 unspecified atom stereocenters. The molecule has 1 atom stereocenters. The van der Waals surface area contributed by atoms with Gasteiger partial charge in [-0.15, -0.1) is 0 Å². The van der Waals surface area contributed by atoms with Gasteiger partial charge in [0.05, 0.1) is 12.3 Å². The maximum absolute atomic E-state index is 12.1.